The number of carbonyl (C=O) groups excluding carboxylic acids is 2. The predicted octanol–water partition coefficient (Wildman–Crippen LogP) is 3.54. The third kappa shape index (κ3) is 5.48. The summed E-state index contributed by atoms with van der Waals surface area (Å²) in [6, 6.07) is 10.5. The Bertz CT molecular complexity index is 983. The molecule has 0 spiro atoms. The Morgan fingerprint density at radius 3 is 2.47 bits per heavy atom. The van der Waals surface area contributed by atoms with E-state index < -0.39 is 11.6 Å². The third-order valence-electron chi connectivity index (χ3n) is 4.37. The number of aromatic nitrogens is 3. The molecule has 8 heteroatoms. The van der Waals surface area contributed by atoms with Gasteiger partial charge in [0.25, 0.3) is 5.91 Å². The average molecular weight is 424 g/mol. The van der Waals surface area contributed by atoms with E-state index in [1.807, 2.05) is 58.0 Å². The summed E-state index contributed by atoms with van der Waals surface area (Å²) < 4.78 is 3.81. The Morgan fingerprint density at radius 2 is 1.90 bits per heavy atom. The Labute approximate surface area is 180 Å². The second-order valence-electron chi connectivity index (χ2n) is 8.14. The van der Waals surface area contributed by atoms with E-state index in [0.29, 0.717) is 0 Å². The van der Waals surface area contributed by atoms with Gasteiger partial charge in [-0.2, -0.15) is 0 Å². The first kappa shape index (κ1) is 21.6. The van der Waals surface area contributed by atoms with E-state index in [1.165, 1.54) is 4.90 Å². The average Bonchev–Trinajstić information content (AvgIpc) is 3.22. The molecule has 0 aliphatic carbocycles. The van der Waals surface area contributed by atoms with Crippen molar-refractivity contribution in [3.05, 3.63) is 76.6 Å². The topological polar surface area (TPSA) is 88.1 Å². The summed E-state index contributed by atoms with van der Waals surface area (Å²) in [4.78, 5) is 32.5. The van der Waals surface area contributed by atoms with Gasteiger partial charge in [0.05, 0.1) is 0 Å². The maximum absolute atomic E-state index is 13.4. The van der Waals surface area contributed by atoms with Crippen LogP contribution in [0.5, 0.6) is 0 Å². The van der Waals surface area contributed by atoms with E-state index >= 15 is 0 Å². The van der Waals surface area contributed by atoms with Crippen LogP contribution in [0.25, 0.3) is 0 Å². The van der Waals surface area contributed by atoms with E-state index in [1.54, 1.807) is 23.8 Å². The number of nitrogens with one attached hydrogen (secondary N) is 1. The number of nitrogens with zero attached hydrogens (tertiary/aromatic N) is 4. The molecule has 2 aromatic heterocycles. The van der Waals surface area contributed by atoms with Crippen LogP contribution in [-0.4, -0.2) is 36.8 Å². The van der Waals surface area contributed by atoms with Crippen molar-refractivity contribution in [1.29, 1.82) is 0 Å². The number of pyridine rings is 1. The highest BCUT2D eigenvalue weighted by atomic mass is 32.1. The quantitative estimate of drug-likeness (QED) is 0.655. The number of benzene rings is 1. The molecular weight excluding hydrogens is 398 g/mol. The largest absolute Gasteiger partial charge is 0.349 e. The fourth-order valence-electron chi connectivity index (χ4n) is 3.03. The molecule has 2 amide bonds. The van der Waals surface area contributed by atoms with Gasteiger partial charge in [0.15, 0.2) is 5.69 Å². The van der Waals surface area contributed by atoms with Crippen LogP contribution < -0.4 is 5.32 Å². The monoisotopic (exact) mass is 423 g/mol. The van der Waals surface area contributed by atoms with E-state index in [-0.39, 0.29) is 24.1 Å². The standard InChI is InChI=1S/C22H25N5O2S/c1-15-7-9-17(10-8-15)19(20(28)24-22(2,3)4)27(13-16-6-5-11-23-12-16)21(29)18-14-30-26-25-18/h5-12,14,19H,13H2,1-4H3,(H,24,28)/t19-/m0/s1. The molecule has 156 valence electrons. The summed E-state index contributed by atoms with van der Waals surface area (Å²) in [5, 5.41) is 8.54. The molecule has 3 aromatic rings. The van der Waals surface area contributed by atoms with Crippen LogP contribution in [0.1, 0.15) is 54.0 Å². The van der Waals surface area contributed by atoms with Gasteiger partial charge in [-0.3, -0.25) is 14.6 Å². The Morgan fingerprint density at radius 1 is 1.17 bits per heavy atom. The fourth-order valence-corrected chi connectivity index (χ4v) is 3.46. The van der Waals surface area contributed by atoms with Crippen LogP contribution in [0.2, 0.25) is 0 Å². The normalized spacial score (nSPS) is 12.3. The molecule has 0 bridgehead atoms. The summed E-state index contributed by atoms with van der Waals surface area (Å²) in [7, 11) is 0. The number of rotatable bonds is 6. The van der Waals surface area contributed by atoms with Crippen molar-refractivity contribution < 1.29 is 9.59 Å². The van der Waals surface area contributed by atoms with Gasteiger partial charge in [-0.1, -0.05) is 40.4 Å². The molecular formula is C22H25N5O2S. The van der Waals surface area contributed by atoms with Crippen LogP contribution in [0.3, 0.4) is 0 Å². The highest BCUT2D eigenvalue weighted by Gasteiger charge is 2.34. The number of aryl methyl sites for hydroxylation is 1. The Balaban J connectivity index is 2.07. The zero-order valence-corrected chi connectivity index (χ0v) is 18.3. The molecule has 1 aromatic carbocycles. The van der Waals surface area contributed by atoms with Crippen LogP contribution in [0, 0.1) is 6.92 Å². The van der Waals surface area contributed by atoms with Crippen molar-refractivity contribution in [2.45, 2.75) is 45.8 Å². The van der Waals surface area contributed by atoms with Gasteiger partial charge in [0.1, 0.15) is 6.04 Å². The first-order chi connectivity index (χ1) is 14.2. The fraction of sp³-hybridized carbons (Fsp3) is 0.318. The molecule has 0 saturated heterocycles. The molecule has 0 fully saturated rings. The van der Waals surface area contributed by atoms with Crippen LogP contribution in [0.4, 0.5) is 0 Å². The van der Waals surface area contributed by atoms with Gasteiger partial charge in [-0.05, 0) is 56.4 Å². The van der Waals surface area contributed by atoms with Gasteiger partial charge in [0, 0.05) is 29.9 Å². The maximum Gasteiger partial charge on any atom is 0.276 e. The smallest absolute Gasteiger partial charge is 0.276 e. The molecule has 0 aliphatic heterocycles. The highest BCUT2D eigenvalue weighted by molar-refractivity contribution is 7.03. The third-order valence-corrected chi connectivity index (χ3v) is 4.87. The second kappa shape index (κ2) is 9.13. The van der Waals surface area contributed by atoms with Crippen molar-refractivity contribution in [1.82, 2.24) is 24.8 Å². The molecule has 0 aliphatic rings. The maximum atomic E-state index is 13.4. The lowest BCUT2D eigenvalue weighted by molar-refractivity contribution is -0.127. The van der Waals surface area contributed by atoms with E-state index in [4.69, 9.17) is 0 Å². The molecule has 1 atom stereocenters. The van der Waals surface area contributed by atoms with Gasteiger partial charge in [-0.25, -0.2) is 0 Å². The van der Waals surface area contributed by atoms with Gasteiger partial charge < -0.3 is 10.2 Å². The zero-order valence-electron chi connectivity index (χ0n) is 17.5. The number of amides is 2. The van der Waals surface area contributed by atoms with Gasteiger partial charge in [0.2, 0.25) is 5.91 Å². The summed E-state index contributed by atoms with van der Waals surface area (Å²) in [5.41, 5.74) is 2.37. The van der Waals surface area contributed by atoms with Crippen molar-refractivity contribution in [3.8, 4) is 0 Å². The first-order valence-electron chi connectivity index (χ1n) is 9.60. The van der Waals surface area contributed by atoms with E-state index in [9.17, 15) is 9.59 Å². The molecule has 0 radical (unpaired) electrons. The van der Waals surface area contributed by atoms with Crippen molar-refractivity contribution in [2.24, 2.45) is 0 Å². The van der Waals surface area contributed by atoms with Crippen LogP contribution in [0.15, 0.2) is 54.2 Å². The first-order valence-corrected chi connectivity index (χ1v) is 10.4. The summed E-state index contributed by atoms with van der Waals surface area (Å²) in [5.74, 6) is -0.617. The molecule has 0 saturated carbocycles. The minimum atomic E-state index is -0.834. The molecule has 2 heterocycles. The molecule has 0 unspecified atom stereocenters. The summed E-state index contributed by atoms with van der Waals surface area (Å²) in [6.07, 6.45) is 3.36. The molecule has 3 rings (SSSR count). The van der Waals surface area contributed by atoms with Gasteiger partial charge in [-0.15, -0.1) is 5.10 Å². The Kier molecular flexibility index (Phi) is 6.56. The molecule has 1 N–H and O–H groups in total. The minimum absolute atomic E-state index is 0.209. The number of hydrogen-bond acceptors (Lipinski definition) is 6. The molecule has 30 heavy (non-hydrogen) atoms. The van der Waals surface area contributed by atoms with E-state index in [0.717, 1.165) is 28.2 Å². The SMILES string of the molecule is Cc1ccc([C@@H](C(=O)NC(C)(C)C)N(Cc2cccnc2)C(=O)c2csnn2)cc1. The molecule has 7 nitrogen and oxygen atoms in total. The minimum Gasteiger partial charge on any atom is -0.349 e. The Hall–Kier alpha value is -3.13. The predicted molar refractivity (Wildman–Crippen MR) is 116 cm³/mol. The number of carbonyl (C=O) groups is 2. The van der Waals surface area contributed by atoms with Crippen molar-refractivity contribution in [2.75, 3.05) is 0 Å². The van der Waals surface area contributed by atoms with E-state index in [2.05, 4.69) is 19.9 Å². The second-order valence-corrected chi connectivity index (χ2v) is 8.75. The van der Waals surface area contributed by atoms with Gasteiger partial charge >= 0.3 is 0 Å². The van der Waals surface area contributed by atoms with Crippen molar-refractivity contribution >= 4 is 23.3 Å². The lowest BCUT2D eigenvalue weighted by Crippen LogP contribution is -2.49. The van der Waals surface area contributed by atoms with Crippen molar-refractivity contribution in [3.63, 3.8) is 0 Å². The number of hydrogen-bond donors (Lipinski definition) is 1. The van der Waals surface area contributed by atoms with Crippen LogP contribution >= 0.6 is 11.5 Å². The van der Waals surface area contributed by atoms with Crippen LogP contribution in [-0.2, 0) is 11.3 Å². The summed E-state index contributed by atoms with van der Waals surface area (Å²) >= 11 is 1.10. The highest BCUT2D eigenvalue weighted by Crippen LogP contribution is 2.26. The lowest BCUT2D eigenvalue weighted by atomic mass is 9.99. The summed E-state index contributed by atoms with van der Waals surface area (Å²) in [6.45, 7) is 7.92. The zero-order chi connectivity index (χ0) is 21.7. The lowest BCUT2D eigenvalue weighted by Gasteiger charge is -2.33.